The van der Waals surface area contributed by atoms with E-state index in [-0.39, 0.29) is 24.7 Å². The van der Waals surface area contributed by atoms with Gasteiger partial charge in [-0.25, -0.2) is 0 Å². The summed E-state index contributed by atoms with van der Waals surface area (Å²) in [5.41, 5.74) is -0.0337. The Balaban J connectivity index is 1.70. The molecular formula is C21H23F3N2O2S. The second-order valence-corrected chi connectivity index (χ2v) is 8.45. The Morgan fingerprint density at radius 1 is 1.28 bits per heavy atom. The number of aryl methyl sites for hydroxylation is 1. The lowest BCUT2D eigenvalue weighted by atomic mass is 9.90. The Bertz CT molecular complexity index is 908. The summed E-state index contributed by atoms with van der Waals surface area (Å²) in [5.74, 6) is -0.340. The zero-order valence-electron chi connectivity index (χ0n) is 16.3. The number of hydrogen-bond acceptors (Lipinski definition) is 3. The number of hydrogen-bond donors (Lipinski definition) is 1. The lowest BCUT2D eigenvalue weighted by molar-refractivity contribution is -0.137. The number of nitrogens with zero attached hydrogens (tertiary/aromatic N) is 1. The molecule has 3 rings (SSSR count). The van der Waals surface area contributed by atoms with Crippen LogP contribution >= 0.6 is 11.3 Å². The quantitative estimate of drug-likeness (QED) is 0.735. The number of anilines is 1. The summed E-state index contributed by atoms with van der Waals surface area (Å²) in [5, 5.41) is 2.29. The van der Waals surface area contributed by atoms with Gasteiger partial charge in [0.25, 0.3) is 5.91 Å². The molecule has 2 amide bonds. The van der Waals surface area contributed by atoms with Gasteiger partial charge >= 0.3 is 6.18 Å². The summed E-state index contributed by atoms with van der Waals surface area (Å²) in [4.78, 5) is 28.4. The summed E-state index contributed by atoms with van der Waals surface area (Å²) < 4.78 is 39.3. The molecule has 1 aromatic heterocycles. The first-order chi connectivity index (χ1) is 13.7. The molecule has 0 unspecified atom stereocenters. The Morgan fingerprint density at radius 3 is 2.69 bits per heavy atom. The minimum Gasteiger partial charge on any atom is -0.329 e. The molecule has 1 N–H and O–H groups in total. The summed E-state index contributed by atoms with van der Waals surface area (Å²) in [6.07, 6.45) is -1.58. The fourth-order valence-electron chi connectivity index (χ4n) is 3.50. The van der Waals surface area contributed by atoms with E-state index in [2.05, 4.69) is 12.2 Å². The molecule has 1 aliphatic carbocycles. The monoisotopic (exact) mass is 424 g/mol. The molecule has 29 heavy (non-hydrogen) atoms. The highest BCUT2D eigenvalue weighted by molar-refractivity contribution is 7.14. The molecule has 0 bridgehead atoms. The molecule has 156 valence electrons. The first kappa shape index (κ1) is 21.4. The highest BCUT2D eigenvalue weighted by atomic mass is 32.1. The smallest absolute Gasteiger partial charge is 0.329 e. The van der Waals surface area contributed by atoms with Crippen LogP contribution in [-0.4, -0.2) is 29.8 Å². The van der Waals surface area contributed by atoms with Crippen molar-refractivity contribution in [3.63, 3.8) is 0 Å². The first-order valence-corrected chi connectivity index (χ1v) is 10.4. The normalized spacial score (nSPS) is 16.2. The second kappa shape index (κ2) is 8.57. The Labute approximate surface area is 171 Å². The standard InChI is InChI=1S/C21H23F3N2O2S/c1-3-26(20(28)18-11-14-10-13(2)8-9-17(14)29-18)12-19(27)25-16-7-5-4-6-15(16)21(22,23)24/h4-7,11,13H,3,8-10,12H2,1-2H3,(H,25,27)/t13-/m1/s1. The van der Waals surface area contributed by atoms with Crippen molar-refractivity contribution >= 4 is 28.8 Å². The van der Waals surface area contributed by atoms with E-state index in [0.717, 1.165) is 25.3 Å². The average Bonchev–Trinajstić information content (AvgIpc) is 3.08. The molecule has 2 aromatic rings. The van der Waals surface area contributed by atoms with Crippen LogP contribution in [0.3, 0.4) is 0 Å². The second-order valence-electron chi connectivity index (χ2n) is 7.32. The summed E-state index contributed by atoms with van der Waals surface area (Å²) in [6, 6.07) is 6.70. The molecule has 0 aliphatic heterocycles. The van der Waals surface area contributed by atoms with Crippen LogP contribution in [0.1, 0.15) is 45.9 Å². The molecular weight excluding hydrogens is 401 g/mol. The van der Waals surface area contributed by atoms with Crippen molar-refractivity contribution in [2.45, 2.75) is 39.3 Å². The predicted octanol–water partition coefficient (Wildman–Crippen LogP) is 4.99. The van der Waals surface area contributed by atoms with Gasteiger partial charge in [0.05, 0.1) is 16.1 Å². The van der Waals surface area contributed by atoms with Crippen LogP contribution in [0, 0.1) is 5.92 Å². The molecule has 4 nitrogen and oxygen atoms in total. The van der Waals surface area contributed by atoms with Gasteiger partial charge in [0, 0.05) is 11.4 Å². The van der Waals surface area contributed by atoms with Gasteiger partial charge in [0.15, 0.2) is 0 Å². The van der Waals surface area contributed by atoms with Crippen molar-refractivity contribution in [1.29, 1.82) is 0 Å². The Kier molecular flexibility index (Phi) is 6.31. The number of carbonyl (C=O) groups excluding carboxylic acids is 2. The minimum absolute atomic E-state index is 0.265. The molecule has 1 heterocycles. The summed E-state index contributed by atoms with van der Waals surface area (Å²) in [6.45, 7) is 3.90. The number of likely N-dealkylation sites (N-methyl/N-ethyl adjacent to an activating group) is 1. The van der Waals surface area contributed by atoms with Gasteiger partial charge in [0.1, 0.15) is 6.54 Å². The van der Waals surface area contributed by atoms with E-state index in [4.69, 9.17) is 0 Å². The van der Waals surface area contributed by atoms with Gasteiger partial charge in [-0.05, 0) is 55.9 Å². The van der Waals surface area contributed by atoms with Crippen molar-refractivity contribution in [2.24, 2.45) is 5.92 Å². The number of nitrogens with one attached hydrogen (secondary N) is 1. The molecule has 0 saturated carbocycles. The van der Waals surface area contributed by atoms with E-state index in [1.54, 1.807) is 6.92 Å². The predicted molar refractivity (Wildman–Crippen MR) is 107 cm³/mol. The maximum absolute atomic E-state index is 13.1. The molecule has 8 heteroatoms. The van der Waals surface area contributed by atoms with Crippen molar-refractivity contribution in [1.82, 2.24) is 4.90 Å². The number of para-hydroxylation sites is 1. The van der Waals surface area contributed by atoms with Crippen LogP contribution in [0.2, 0.25) is 0 Å². The van der Waals surface area contributed by atoms with E-state index >= 15 is 0 Å². The van der Waals surface area contributed by atoms with Crippen LogP contribution in [0.4, 0.5) is 18.9 Å². The van der Waals surface area contributed by atoms with Crippen LogP contribution in [0.15, 0.2) is 30.3 Å². The van der Waals surface area contributed by atoms with Gasteiger partial charge in [-0.1, -0.05) is 19.1 Å². The average molecular weight is 424 g/mol. The molecule has 0 fully saturated rings. The van der Waals surface area contributed by atoms with E-state index in [1.165, 1.54) is 44.9 Å². The number of carbonyl (C=O) groups is 2. The van der Waals surface area contributed by atoms with Crippen LogP contribution < -0.4 is 5.32 Å². The zero-order valence-corrected chi connectivity index (χ0v) is 17.1. The number of fused-ring (bicyclic) bond motifs is 1. The fourth-order valence-corrected chi connectivity index (χ4v) is 4.67. The maximum atomic E-state index is 13.1. The number of amides is 2. The first-order valence-electron chi connectivity index (χ1n) is 9.56. The number of rotatable bonds is 5. The van der Waals surface area contributed by atoms with E-state index < -0.39 is 17.6 Å². The Morgan fingerprint density at radius 2 is 2.00 bits per heavy atom. The van der Waals surface area contributed by atoms with Gasteiger partial charge in [-0.15, -0.1) is 11.3 Å². The number of benzene rings is 1. The maximum Gasteiger partial charge on any atom is 0.418 e. The minimum atomic E-state index is -4.57. The van der Waals surface area contributed by atoms with Gasteiger partial charge in [-0.3, -0.25) is 9.59 Å². The molecule has 0 saturated heterocycles. The number of alkyl halides is 3. The third-order valence-corrected chi connectivity index (χ3v) is 6.28. The van der Waals surface area contributed by atoms with Crippen molar-refractivity contribution in [3.8, 4) is 0 Å². The van der Waals surface area contributed by atoms with E-state index in [0.29, 0.717) is 10.8 Å². The molecule has 0 radical (unpaired) electrons. The van der Waals surface area contributed by atoms with Crippen molar-refractivity contribution in [3.05, 3.63) is 51.2 Å². The third-order valence-electron chi connectivity index (χ3n) is 5.05. The molecule has 1 aromatic carbocycles. The van der Waals surface area contributed by atoms with Crippen LogP contribution in [-0.2, 0) is 23.8 Å². The van der Waals surface area contributed by atoms with E-state index in [1.807, 2.05) is 6.07 Å². The largest absolute Gasteiger partial charge is 0.418 e. The summed E-state index contributed by atoms with van der Waals surface area (Å²) in [7, 11) is 0. The van der Waals surface area contributed by atoms with Crippen molar-refractivity contribution < 1.29 is 22.8 Å². The van der Waals surface area contributed by atoms with Crippen molar-refractivity contribution in [2.75, 3.05) is 18.4 Å². The highest BCUT2D eigenvalue weighted by Gasteiger charge is 2.33. The van der Waals surface area contributed by atoms with Crippen LogP contribution in [0.25, 0.3) is 0 Å². The third kappa shape index (κ3) is 4.98. The van der Waals surface area contributed by atoms with E-state index in [9.17, 15) is 22.8 Å². The lowest BCUT2D eigenvalue weighted by Crippen LogP contribution is -2.37. The fraction of sp³-hybridized carbons (Fsp3) is 0.429. The topological polar surface area (TPSA) is 49.4 Å². The molecule has 1 aliphatic rings. The SMILES string of the molecule is CCN(CC(=O)Nc1ccccc1C(F)(F)F)C(=O)c1cc2c(s1)CC[C@@H](C)C2. The lowest BCUT2D eigenvalue weighted by Gasteiger charge is -2.20. The van der Waals surface area contributed by atoms with Crippen LogP contribution in [0.5, 0.6) is 0 Å². The molecule has 0 spiro atoms. The zero-order chi connectivity index (χ0) is 21.2. The van der Waals surface area contributed by atoms with Gasteiger partial charge in [0.2, 0.25) is 5.91 Å². The Hall–Kier alpha value is -2.35. The highest BCUT2D eigenvalue weighted by Crippen LogP contribution is 2.35. The van der Waals surface area contributed by atoms with Gasteiger partial charge in [-0.2, -0.15) is 13.2 Å². The number of halogens is 3. The molecule has 1 atom stereocenters. The number of thiophene rings is 1. The van der Waals surface area contributed by atoms with Gasteiger partial charge < -0.3 is 10.2 Å². The summed E-state index contributed by atoms with van der Waals surface area (Å²) >= 11 is 1.45.